The third-order valence-electron chi connectivity index (χ3n) is 6.49. The Labute approximate surface area is 199 Å². The highest BCUT2D eigenvalue weighted by Crippen LogP contribution is 2.41. The summed E-state index contributed by atoms with van der Waals surface area (Å²) in [5, 5.41) is 11.2. The van der Waals surface area contributed by atoms with Crippen molar-refractivity contribution in [2.24, 2.45) is 0 Å². The van der Waals surface area contributed by atoms with Crippen LogP contribution >= 0.6 is 0 Å². The van der Waals surface area contributed by atoms with Gasteiger partial charge in [-0.3, -0.25) is 9.59 Å². The van der Waals surface area contributed by atoms with Crippen molar-refractivity contribution in [1.82, 2.24) is 4.90 Å². The third kappa shape index (κ3) is 4.64. The zero-order valence-electron chi connectivity index (χ0n) is 19.8. The average Bonchev–Trinajstić information content (AvgIpc) is 3.12. The molecule has 0 aliphatic carbocycles. The van der Waals surface area contributed by atoms with Crippen LogP contribution in [0.3, 0.4) is 0 Å². The minimum absolute atomic E-state index is 0.0815. The summed E-state index contributed by atoms with van der Waals surface area (Å²) < 4.78 is 16.3. The Kier molecular flexibility index (Phi) is 7.19. The summed E-state index contributed by atoms with van der Waals surface area (Å²) in [5.41, 5.74) is 2.27. The normalized spacial score (nSPS) is 20.6. The number of ether oxygens (including phenoxy) is 3. The number of nitrogens with zero attached hydrogens (tertiary/aromatic N) is 1. The topological polar surface area (TPSA) is 89.7 Å². The predicted molar refractivity (Wildman–Crippen MR) is 126 cm³/mol. The molecule has 0 spiro atoms. The van der Waals surface area contributed by atoms with Crippen LogP contribution in [0.2, 0.25) is 0 Å². The maximum Gasteiger partial charge on any atom is 0.295 e. The number of carbonyl (C=O) groups excluding carboxylic acids is 2. The number of nitrogens with one attached hydrogen (secondary N) is 1. The first kappa shape index (κ1) is 23.8. The highest BCUT2D eigenvalue weighted by atomic mass is 16.5. The number of methoxy groups -OCH3 is 2. The van der Waals surface area contributed by atoms with E-state index in [-0.39, 0.29) is 11.3 Å². The van der Waals surface area contributed by atoms with E-state index in [9.17, 15) is 14.7 Å². The van der Waals surface area contributed by atoms with E-state index in [1.54, 1.807) is 42.3 Å². The molecule has 2 N–H and O–H groups in total. The lowest BCUT2D eigenvalue weighted by Crippen LogP contribution is -3.14. The number of aliphatic hydroxyl groups excluding tert-OH is 1. The molecule has 180 valence electrons. The van der Waals surface area contributed by atoms with Gasteiger partial charge < -0.3 is 29.1 Å². The van der Waals surface area contributed by atoms with Crippen molar-refractivity contribution < 1.29 is 33.8 Å². The lowest BCUT2D eigenvalue weighted by molar-refractivity contribution is -0.907. The number of hydrogen-bond donors (Lipinski definition) is 2. The number of hydrogen-bond acceptors (Lipinski definition) is 6. The molecule has 1 atom stereocenters. The maximum atomic E-state index is 13.2. The van der Waals surface area contributed by atoms with E-state index < -0.39 is 17.7 Å². The molecule has 4 rings (SSSR count). The van der Waals surface area contributed by atoms with Gasteiger partial charge in [0.05, 0.1) is 52.1 Å². The van der Waals surface area contributed by atoms with E-state index in [2.05, 4.69) is 0 Å². The zero-order valence-corrected chi connectivity index (χ0v) is 19.8. The Bertz CT molecular complexity index is 1090. The minimum Gasteiger partial charge on any atom is -0.507 e. The van der Waals surface area contributed by atoms with Crippen LogP contribution in [0.4, 0.5) is 0 Å². The van der Waals surface area contributed by atoms with Gasteiger partial charge in [0.25, 0.3) is 11.7 Å². The number of aliphatic hydroxyl groups is 1. The monoisotopic (exact) mass is 467 g/mol. The number of rotatable bonds is 7. The number of morpholine rings is 1. The second-order valence-electron chi connectivity index (χ2n) is 8.59. The van der Waals surface area contributed by atoms with Crippen molar-refractivity contribution >= 4 is 17.4 Å². The number of likely N-dealkylation sites (tertiary alicyclic amines) is 1. The molecule has 0 unspecified atom stereocenters. The van der Waals surface area contributed by atoms with Crippen molar-refractivity contribution in [3.8, 4) is 11.5 Å². The molecule has 0 bridgehead atoms. The van der Waals surface area contributed by atoms with Crippen LogP contribution in [0.25, 0.3) is 5.76 Å². The number of quaternary nitrogens is 1. The van der Waals surface area contributed by atoms with Crippen molar-refractivity contribution in [1.29, 1.82) is 0 Å². The van der Waals surface area contributed by atoms with Gasteiger partial charge in [0, 0.05) is 5.56 Å². The Morgan fingerprint density at radius 2 is 1.74 bits per heavy atom. The van der Waals surface area contributed by atoms with Crippen molar-refractivity contribution in [2.45, 2.75) is 13.0 Å². The van der Waals surface area contributed by atoms with Crippen LogP contribution in [0, 0.1) is 6.92 Å². The van der Waals surface area contributed by atoms with Gasteiger partial charge in [-0.15, -0.1) is 0 Å². The van der Waals surface area contributed by atoms with Crippen molar-refractivity contribution in [3.05, 3.63) is 64.7 Å². The van der Waals surface area contributed by atoms with Gasteiger partial charge in [-0.1, -0.05) is 35.9 Å². The summed E-state index contributed by atoms with van der Waals surface area (Å²) in [7, 11) is 3.08. The molecule has 2 aliphatic rings. The molecular formula is C26H31N2O6+. The van der Waals surface area contributed by atoms with E-state index in [0.717, 1.165) is 18.7 Å². The van der Waals surface area contributed by atoms with Gasteiger partial charge in [0.2, 0.25) is 0 Å². The Morgan fingerprint density at radius 1 is 1.06 bits per heavy atom. The van der Waals surface area contributed by atoms with Gasteiger partial charge in [-0.05, 0) is 24.6 Å². The second kappa shape index (κ2) is 10.3. The Balaban J connectivity index is 1.77. The largest absolute Gasteiger partial charge is 0.507 e. The second-order valence-corrected chi connectivity index (χ2v) is 8.59. The van der Waals surface area contributed by atoms with Crippen molar-refractivity contribution in [2.75, 3.05) is 53.6 Å². The summed E-state index contributed by atoms with van der Waals surface area (Å²) in [6.45, 7) is 6.08. The summed E-state index contributed by atoms with van der Waals surface area (Å²) in [6, 6.07) is 11.8. The molecule has 2 aromatic rings. The number of ketones is 1. The fourth-order valence-corrected chi connectivity index (χ4v) is 4.54. The van der Waals surface area contributed by atoms with E-state index in [4.69, 9.17) is 14.2 Å². The quantitative estimate of drug-likeness (QED) is 0.363. The lowest BCUT2D eigenvalue weighted by Gasteiger charge is -2.29. The van der Waals surface area contributed by atoms with Crippen molar-refractivity contribution in [3.63, 3.8) is 0 Å². The summed E-state index contributed by atoms with van der Waals surface area (Å²) in [5.74, 6) is -0.450. The number of amides is 1. The third-order valence-corrected chi connectivity index (χ3v) is 6.49. The average molecular weight is 468 g/mol. The predicted octanol–water partition coefficient (Wildman–Crippen LogP) is 1.35. The van der Waals surface area contributed by atoms with Gasteiger partial charge in [-0.25, -0.2) is 0 Å². The number of aryl methyl sites for hydroxylation is 1. The van der Waals surface area contributed by atoms with Crippen LogP contribution in [-0.4, -0.2) is 75.3 Å². The van der Waals surface area contributed by atoms with Crippen LogP contribution < -0.4 is 14.4 Å². The SMILES string of the molecule is COc1ccc([C@H]2C(=C(O)c3ccc(C)cc3)C(=O)C(=O)N2CC[NH+]2CCOCC2)cc1OC. The summed E-state index contributed by atoms with van der Waals surface area (Å²) >= 11 is 0. The van der Waals surface area contributed by atoms with Crippen LogP contribution in [0.15, 0.2) is 48.0 Å². The molecular weight excluding hydrogens is 436 g/mol. The fraction of sp³-hybridized carbons (Fsp3) is 0.385. The van der Waals surface area contributed by atoms with Crippen LogP contribution in [-0.2, 0) is 14.3 Å². The first-order valence-electron chi connectivity index (χ1n) is 11.4. The molecule has 2 heterocycles. The first-order chi connectivity index (χ1) is 16.4. The zero-order chi connectivity index (χ0) is 24.2. The number of benzene rings is 2. The van der Waals surface area contributed by atoms with E-state index in [0.29, 0.717) is 48.9 Å². The molecule has 2 aliphatic heterocycles. The van der Waals surface area contributed by atoms with Crippen LogP contribution in [0.1, 0.15) is 22.7 Å². The molecule has 0 aromatic heterocycles. The maximum absolute atomic E-state index is 13.2. The number of carbonyl (C=O) groups is 2. The van der Waals surface area contributed by atoms with Crippen LogP contribution in [0.5, 0.6) is 11.5 Å². The van der Waals surface area contributed by atoms with Gasteiger partial charge in [0.1, 0.15) is 18.8 Å². The Morgan fingerprint density at radius 3 is 2.38 bits per heavy atom. The smallest absolute Gasteiger partial charge is 0.295 e. The molecule has 2 aromatic carbocycles. The molecule has 1 amide bonds. The van der Waals surface area contributed by atoms with Gasteiger partial charge in [-0.2, -0.15) is 0 Å². The first-order valence-corrected chi connectivity index (χ1v) is 11.4. The van der Waals surface area contributed by atoms with E-state index in [1.807, 2.05) is 19.1 Å². The standard InChI is InChI=1S/C26H30N2O6/c1-17-4-6-18(7-5-17)24(29)22-23(19-8-9-20(32-2)21(16-19)33-3)28(26(31)25(22)30)11-10-27-12-14-34-15-13-27/h4-9,16,23,29H,10-15H2,1-3H3/p+1/t23-/m0/s1. The minimum atomic E-state index is -0.735. The molecule has 8 heteroatoms. The molecule has 34 heavy (non-hydrogen) atoms. The highest BCUT2D eigenvalue weighted by molar-refractivity contribution is 6.46. The lowest BCUT2D eigenvalue weighted by atomic mass is 9.94. The van der Waals surface area contributed by atoms with Gasteiger partial charge in [0.15, 0.2) is 11.5 Å². The molecule has 0 saturated carbocycles. The molecule has 2 saturated heterocycles. The Hall–Kier alpha value is -3.36. The highest BCUT2D eigenvalue weighted by Gasteiger charge is 2.46. The number of Topliss-reactive ketones (excluding diaryl/α,β-unsaturated/α-hetero) is 1. The van der Waals surface area contributed by atoms with Gasteiger partial charge >= 0.3 is 0 Å². The molecule has 0 radical (unpaired) electrons. The summed E-state index contributed by atoms with van der Waals surface area (Å²) in [4.78, 5) is 29.3. The molecule has 8 nitrogen and oxygen atoms in total. The molecule has 2 fully saturated rings. The van der Waals surface area contributed by atoms with E-state index >= 15 is 0 Å². The summed E-state index contributed by atoms with van der Waals surface area (Å²) in [6.07, 6.45) is 0. The van der Waals surface area contributed by atoms with E-state index in [1.165, 1.54) is 12.0 Å². The fourth-order valence-electron chi connectivity index (χ4n) is 4.54.